The molecule has 0 saturated heterocycles. The van der Waals surface area contributed by atoms with Crippen molar-refractivity contribution in [3.63, 3.8) is 0 Å². The summed E-state index contributed by atoms with van der Waals surface area (Å²) in [5, 5.41) is 8.68. The van der Waals surface area contributed by atoms with Gasteiger partial charge in [0.15, 0.2) is 0 Å². The molecule has 0 spiro atoms. The molecule has 0 aliphatic rings. The molecule has 1 nitrogen and oxygen atoms in total. The van der Waals surface area contributed by atoms with E-state index in [1.807, 2.05) is 19.9 Å². The van der Waals surface area contributed by atoms with Crippen LogP contribution in [0.25, 0.3) is 0 Å². The van der Waals surface area contributed by atoms with E-state index < -0.39 is 6.08 Å². The summed E-state index contributed by atoms with van der Waals surface area (Å²) in [5.74, 6) is 0. The Morgan fingerprint density at radius 1 is 1.14 bits per heavy atom. The molecule has 0 aromatic rings. The predicted octanol–water partition coefficient (Wildman–Crippen LogP) is 3.43. The molecule has 80 valence electrons. The highest BCUT2D eigenvalue weighted by atomic mass is 19.3. The van der Waals surface area contributed by atoms with Gasteiger partial charge in [0, 0.05) is 6.08 Å². The topological polar surface area (TPSA) is 20.2 Å². The van der Waals surface area contributed by atoms with E-state index >= 15 is 0 Å². The second kappa shape index (κ2) is 7.44. The Kier molecular flexibility index (Phi) is 6.93. The highest BCUT2D eigenvalue weighted by molar-refractivity contribution is 5.11. The Morgan fingerprint density at radius 3 is 2.29 bits per heavy atom. The minimum atomic E-state index is -1.67. The summed E-state index contributed by atoms with van der Waals surface area (Å²) in [6, 6.07) is 0. The third kappa shape index (κ3) is 7.68. The Balaban J connectivity index is 3.91. The molecule has 0 aliphatic carbocycles. The first-order valence-corrected chi connectivity index (χ1v) is 4.51. The molecule has 0 atom stereocenters. The van der Waals surface area contributed by atoms with Gasteiger partial charge in [0.1, 0.15) is 0 Å². The van der Waals surface area contributed by atoms with E-state index in [-0.39, 0.29) is 6.61 Å². The van der Waals surface area contributed by atoms with Crippen LogP contribution >= 0.6 is 0 Å². The zero-order valence-corrected chi connectivity index (χ0v) is 8.56. The van der Waals surface area contributed by atoms with E-state index in [2.05, 4.69) is 0 Å². The second-order valence-corrected chi connectivity index (χ2v) is 3.22. The van der Waals surface area contributed by atoms with Gasteiger partial charge in [0.2, 0.25) is 0 Å². The molecular formula is C11H16F2O. The van der Waals surface area contributed by atoms with E-state index in [1.54, 1.807) is 0 Å². The average Bonchev–Trinajstić information content (AvgIpc) is 2.14. The quantitative estimate of drug-likeness (QED) is 0.535. The fraction of sp³-hybridized carbons (Fsp3) is 0.455. The van der Waals surface area contributed by atoms with Crippen LogP contribution in [0.2, 0.25) is 0 Å². The minimum Gasteiger partial charge on any atom is -0.392 e. The summed E-state index contributed by atoms with van der Waals surface area (Å²) in [5.41, 5.74) is 1.81. The van der Waals surface area contributed by atoms with Crippen molar-refractivity contribution < 1.29 is 13.9 Å². The van der Waals surface area contributed by atoms with Crippen molar-refractivity contribution in [3.05, 3.63) is 35.5 Å². The summed E-state index contributed by atoms with van der Waals surface area (Å²) in [7, 11) is 0. The lowest BCUT2D eigenvalue weighted by atomic mass is 10.1. The maximum absolute atomic E-state index is 11.7. The van der Waals surface area contributed by atoms with Crippen molar-refractivity contribution >= 4 is 0 Å². The SMILES string of the molecule is CC(=CCCC(C)=CC=C(F)F)CO. The zero-order valence-electron chi connectivity index (χ0n) is 8.56. The Bertz CT molecular complexity index is 248. The molecule has 0 aromatic carbocycles. The highest BCUT2D eigenvalue weighted by Crippen LogP contribution is 2.08. The van der Waals surface area contributed by atoms with Crippen LogP contribution in [0.15, 0.2) is 35.5 Å². The molecule has 0 radical (unpaired) electrons. The molecule has 0 aromatic heterocycles. The van der Waals surface area contributed by atoms with E-state index in [0.717, 1.165) is 30.1 Å². The van der Waals surface area contributed by atoms with E-state index in [4.69, 9.17) is 5.11 Å². The van der Waals surface area contributed by atoms with Crippen molar-refractivity contribution in [2.24, 2.45) is 0 Å². The van der Waals surface area contributed by atoms with Crippen LogP contribution in [0, 0.1) is 0 Å². The molecule has 1 N–H and O–H groups in total. The lowest BCUT2D eigenvalue weighted by Gasteiger charge is -1.97. The van der Waals surface area contributed by atoms with Crippen LogP contribution in [-0.2, 0) is 0 Å². The number of rotatable bonds is 5. The third-order valence-corrected chi connectivity index (χ3v) is 1.77. The number of allylic oxidation sites excluding steroid dienone is 4. The average molecular weight is 202 g/mol. The first-order chi connectivity index (χ1) is 6.56. The fourth-order valence-electron chi connectivity index (χ4n) is 0.899. The second-order valence-electron chi connectivity index (χ2n) is 3.22. The molecule has 0 saturated carbocycles. The van der Waals surface area contributed by atoms with Crippen molar-refractivity contribution in [2.45, 2.75) is 26.7 Å². The largest absolute Gasteiger partial charge is 0.392 e. The number of hydrogen-bond acceptors (Lipinski definition) is 1. The Morgan fingerprint density at radius 2 is 1.79 bits per heavy atom. The number of halogens is 2. The molecule has 0 heterocycles. The molecule has 3 heteroatoms. The van der Waals surface area contributed by atoms with Crippen LogP contribution in [0.5, 0.6) is 0 Å². The van der Waals surface area contributed by atoms with Gasteiger partial charge >= 0.3 is 0 Å². The molecule has 14 heavy (non-hydrogen) atoms. The molecule has 0 aliphatic heterocycles. The van der Waals surface area contributed by atoms with Gasteiger partial charge in [-0.3, -0.25) is 0 Å². The summed E-state index contributed by atoms with van der Waals surface area (Å²) < 4.78 is 23.3. The van der Waals surface area contributed by atoms with Crippen LogP contribution in [0.1, 0.15) is 26.7 Å². The molecule has 0 fully saturated rings. The van der Waals surface area contributed by atoms with Gasteiger partial charge in [-0.05, 0) is 26.7 Å². The van der Waals surface area contributed by atoms with Crippen molar-refractivity contribution in [3.8, 4) is 0 Å². The van der Waals surface area contributed by atoms with Crippen LogP contribution in [0.3, 0.4) is 0 Å². The monoisotopic (exact) mass is 202 g/mol. The normalized spacial score (nSPS) is 12.9. The minimum absolute atomic E-state index is 0.0573. The fourth-order valence-corrected chi connectivity index (χ4v) is 0.899. The maximum atomic E-state index is 11.7. The molecule has 0 unspecified atom stereocenters. The van der Waals surface area contributed by atoms with Crippen molar-refractivity contribution in [1.29, 1.82) is 0 Å². The van der Waals surface area contributed by atoms with Gasteiger partial charge in [-0.25, -0.2) is 0 Å². The summed E-state index contributed by atoms with van der Waals surface area (Å²) in [4.78, 5) is 0. The lowest BCUT2D eigenvalue weighted by molar-refractivity contribution is 0.331. The van der Waals surface area contributed by atoms with Gasteiger partial charge in [0.05, 0.1) is 6.61 Å². The molecular weight excluding hydrogens is 186 g/mol. The number of hydrogen-bond donors (Lipinski definition) is 1. The summed E-state index contributed by atoms with van der Waals surface area (Å²) in [6.07, 6.45) is 3.96. The van der Waals surface area contributed by atoms with Gasteiger partial charge in [-0.15, -0.1) is 0 Å². The third-order valence-electron chi connectivity index (χ3n) is 1.77. The molecule has 0 amide bonds. The Labute approximate surface area is 83.4 Å². The standard InChI is InChI=1S/C11H16F2O/c1-9(6-7-11(12)13)4-3-5-10(2)8-14/h5-7,14H,3-4,8H2,1-2H3. The first-order valence-electron chi connectivity index (χ1n) is 4.51. The summed E-state index contributed by atoms with van der Waals surface area (Å²) in [6.45, 7) is 3.70. The van der Waals surface area contributed by atoms with E-state index in [0.29, 0.717) is 0 Å². The van der Waals surface area contributed by atoms with Crippen LogP contribution in [0.4, 0.5) is 8.78 Å². The Hall–Kier alpha value is -0.960. The van der Waals surface area contributed by atoms with Gasteiger partial charge in [-0.1, -0.05) is 23.3 Å². The van der Waals surface area contributed by atoms with Crippen LogP contribution in [-0.4, -0.2) is 11.7 Å². The maximum Gasteiger partial charge on any atom is 0.270 e. The predicted molar refractivity (Wildman–Crippen MR) is 54.1 cm³/mol. The zero-order chi connectivity index (χ0) is 11.0. The van der Waals surface area contributed by atoms with E-state index in [9.17, 15) is 8.78 Å². The molecule has 0 rings (SSSR count). The van der Waals surface area contributed by atoms with Gasteiger partial charge in [0.25, 0.3) is 6.08 Å². The van der Waals surface area contributed by atoms with Gasteiger partial charge in [-0.2, -0.15) is 8.78 Å². The van der Waals surface area contributed by atoms with Crippen LogP contribution < -0.4 is 0 Å². The number of aliphatic hydroxyl groups is 1. The smallest absolute Gasteiger partial charge is 0.270 e. The van der Waals surface area contributed by atoms with Gasteiger partial charge < -0.3 is 5.11 Å². The molecule has 0 bridgehead atoms. The summed E-state index contributed by atoms with van der Waals surface area (Å²) >= 11 is 0. The number of aliphatic hydroxyl groups excluding tert-OH is 1. The van der Waals surface area contributed by atoms with Crippen molar-refractivity contribution in [1.82, 2.24) is 0 Å². The lowest BCUT2D eigenvalue weighted by Crippen LogP contribution is -1.84. The van der Waals surface area contributed by atoms with E-state index in [1.165, 1.54) is 6.08 Å². The first kappa shape index (κ1) is 13.0. The highest BCUT2D eigenvalue weighted by Gasteiger charge is 1.90. The van der Waals surface area contributed by atoms with Crippen molar-refractivity contribution in [2.75, 3.05) is 6.61 Å².